The lowest BCUT2D eigenvalue weighted by molar-refractivity contribution is 0.616. The molecule has 0 bridgehead atoms. The van der Waals surface area contributed by atoms with E-state index < -0.39 is 0 Å². The molecule has 0 N–H and O–H groups in total. The van der Waals surface area contributed by atoms with Gasteiger partial charge in [-0.05, 0) is 36.8 Å². The molecule has 23 heavy (non-hydrogen) atoms. The quantitative estimate of drug-likeness (QED) is 0.455. The van der Waals surface area contributed by atoms with Crippen molar-refractivity contribution in [2.75, 3.05) is 0 Å². The number of thiophene rings is 1. The fraction of sp³-hybridized carbons (Fsp3) is 0.400. The number of hydrogen-bond acceptors (Lipinski definition) is 1. The molecule has 0 saturated heterocycles. The Balaban J connectivity index is 2.13. The summed E-state index contributed by atoms with van der Waals surface area (Å²) >= 11 is 1.26. The van der Waals surface area contributed by atoms with Crippen molar-refractivity contribution in [3.63, 3.8) is 0 Å². The molecule has 3 aromatic rings. The summed E-state index contributed by atoms with van der Waals surface area (Å²) in [5.74, 6) is -0.321. The van der Waals surface area contributed by atoms with E-state index in [1.54, 1.807) is 0 Å². The zero-order chi connectivity index (χ0) is 16.4. The summed E-state index contributed by atoms with van der Waals surface area (Å²) in [6, 6.07) is 7.63. The van der Waals surface area contributed by atoms with E-state index in [2.05, 4.69) is 13.8 Å². The predicted molar refractivity (Wildman–Crippen MR) is 96.5 cm³/mol. The molecule has 3 rings (SSSR count). The second-order valence-corrected chi connectivity index (χ2v) is 7.16. The first-order chi connectivity index (χ1) is 11.2. The van der Waals surface area contributed by atoms with Crippen LogP contribution in [0.4, 0.5) is 8.78 Å². The third-order valence-electron chi connectivity index (χ3n) is 4.45. The largest absolute Gasteiger partial charge is 0.205 e. The van der Waals surface area contributed by atoms with Gasteiger partial charge in [0.15, 0.2) is 0 Å². The number of halogens is 2. The topological polar surface area (TPSA) is 0 Å². The Kier molecular flexibility index (Phi) is 4.96. The van der Waals surface area contributed by atoms with Gasteiger partial charge in [0.25, 0.3) is 0 Å². The molecule has 0 radical (unpaired) electrons. The van der Waals surface area contributed by atoms with Crippen molar-refractivity contribution in [3.8, 4) is 0 Å². The highest BCUT2D eigenvalue weighted by Gasteiger charge is 2.16. The predicted octanol–water partition coefficient (Wildman–Crippen LogP) is 7.02. The summed E-state index contributed by atoms with van der Waals surface area (Å²) in [6.07, 6.45) is 5.53. The lowest BCUT2D eigenvalue weighted by Crippen LogP contribution is -1.90. The van der Waals surface area contributed by atoms with E-state index in [1.165, 1.54) is 11.3 Å². The third kappa shape index (κ3) is 2.99. The normalized spacial score (nSPS) is 11.7. The second kappa shape index (κ2) is 6.96. The molecule has 0 nitrogen and oxygen atoms in total. The Bertz CT molecular complexity index is 764. The highest BCUT2D eigenvalue weighted by atomic mass is 32.1. The molecular formula is C20H22F2S. The maximum Gasteiger partial charge on any atom is 0.144 e. The average molecular weight is 332 g/mol. The number of unbranched alkanes of at least 4 members (excludes halogenated alkanes) is 2. The van der Waals surface area contributed by atoms with Gasteiger partial charge in [-0.1, -0.05) is 51.0 Å². The van der Waals surface area contributed by atoms with Gasteiger partial charge in [-0.25, -0.2) is 8.78 Å². The lowest BCUT2D eigenvalue weighted by Gasteiger charge is -2.03. The van der Waals surface area contributed by atoms with E-state index in [-0.39, 0.29) is 11.6 Å². The fourth-order valence-corrected chi connectivity index (χ4v) is 4.26. The van der Waals surface area contributed by atoms with Crippen LogP contribution in [0.5, 0.6) is 0 Å². The molecule has 0 unspecified atom stereocenters. The molecule has 0 atom stereocenters. The van der Waals surface area contributed by atoms with Gasteiger partial charge >= 0.3 is 0 Å². The van der Waals surface area contributed by atoms with Crippen LogP contribution in [0.3, 0.4) is 0 Å². The van der Waals surface area contributed by atoms with Gasteiger partial charge in [0.05, 0.1) is 9.40 Å². The van der Waals surface area contributed by atoms with E-state index in [9.17, 15) is 8.78 Å². The monoisotopic (exact) mass is 332 g/mol. The number of fused-ring (bicyclic) bond motifs is 3. The van der Waals surface area contributed by atoms with Gasteiger partial charge in [0.1, 0.15) is 11.6 Å². The van der Waals surface area contributed by atoms with E-state index in [4.69, 9.17) is 0 Å². The third-order valence-corrected chi connectivity index (χ3v) is 5.65. The van der Waals surface area contributed by atoms with Crippen molar-refractivity contribution in [2.24, 2.45) is 0 Å². The molecular weight excluding hydrogens is 310 g/mol. The highest BCUT2D eigenvalue weighted by molar-refractivity contribution is 7.25. The van der Waals surface area contributed by atoms with Crippen molar-refractivity contribution < 1.29 is 8.78 Å². The van der Waals surface area contributed by atoms with Crippen LogP contribution in [0, 0.1) is 11.6 Å². The summed E-state index contributed by atoms with van der Waals surface area (Å²) in [5.41, 5.74) is 1.50. The van der Waals surface area contributed by atoms with Gasteiger partial charge in [-0.3, -0.25) is 0 Å². The SMILES string of the molecule is CCCCc1ccc2c(sc3c(F)c(CCCC)ccc32)c1F. The summed E-state index contributed by atoms with van der Waals surface area (Å²) in [7, 11) is 0. The molecule has 3 heteroatoms. The van der Waals surface area contributed by atoms with Crippen LogP contribution in [0.15, 0.2) is 24.3 Å². The molecule has 0 amide bonds. The number of benzene rings is 2. The summed E-state index contributed by atoms with van der Waals surface area (Å²) in [5, 5.41) is 1.67. The van der Waals surface area contributed by atoms with Crippen LogP contribution in [-0.4, -0.2) is 0 Å². The minimum Gasteiger partial charge on any atom is -0.205 e. The molecule has 0 aliphatic carbocycles. The first-order valence-electron chi connectivity index (χ1n) is 8.48. The van der Waals surface area contributed by atoms with Gasteiger partial charge in [0, 0.05) is 10.8 Å². The Morgan fingerprint density at radius 2 is 1.17 bits per heavy atom. The molecule has 1 heterocycles. The number of aryl methyl sites for hydroxylation is 2. The van der Waals surface area contributed by atoms with Crippen LogP contribution in [-0.2, 0) is 12.8 Å². The van der Waals surface area contributed by atoms with Crippen LogP contribution in [0.2, 0.25) is 0 Å². The van der Waals surface area contributed by atoms with Crippen molar-refractivity contribution in [1.29, 1.82) is 0 Å². The molecule has 0 spiro atoms. The van der Waals surface area contributed by atoms with Crippen molar-refractivity contribution >= 4 is 31.5 Å². The van der Waals surface area contributed by atoms with Gasteiger partial charge in [0.2, 0.25) is 0 Å². The van der Waals surface area contributed by atoms with Crippen LogP contribution >= 0.6 is 11.3 Å². The Morgan fingerprint density at radius 1 is 0.739 bits per heavy atom. The average Bonchev–Trinajstić information content (AvgIpc) is 2.94. The maximum atomic E-state index is 14.8. The van der Waals surface area contributed by atoms with Crippen molar-refractivity contribution in [3.05, 3.63) is 47.0 Å². The molecule has 1 aromatic heterocycles. The van der Waals surface area contributed by atoms with Crippen LogP contribution < -0.4 is 0 Å². The summed E-state index contributed by atoms with van der Waals surface area (Å²) in [6.45, 7) is 4.20. The maximum absolute atomic E-state index is 14.8. The Labute approximate surface area is 140 Å². The number of rotatable bonds is 6. The van der Waals surface area contributed by atoms with E-state index in [0.29, 0.717) is 9.40 Å². The zero-order valence-electron chi connectivity index (χ0n) is 13.7. The van der Waals surface area contributed by atoms with Crippen LogP contribution in [0.1, 0.15) is 50.7 Å². The summed E-state index contributed by atoms with van der Waals surface area (Å²) < 4.78 is 30.7. The number of hydrogen-bond donors (Lipinski definition) is 0. The standard InChI is InChI=1S/C20H22F2S/c1-3-5-7-13-9-11-15-16-12-10-14(8-6-4-2)18(22)20(16)23-19(15)17(13)21/h9-12H,3-8H2,1-2H3. The smallest absolute Gasteiger partial charge is 0.144 e. The first kappa shape index (κ1) is 16.4. The van der Waals surface area contributed by atoms with E-state index in [1.807, 2.05) is 24.3 Å². The molecule has 0 aliphatic heterocycles. The van der Waals surface area contributed by atoms with Gasteiger partial charge in [-0.2, -0.15) is 0 Å². The summed E-state index contributed by atoms with van der Waals surface area (Å²) in [4.78, 5) is 0. The first-order valence-corrected chi connectivity index (χ1v) is 9.30. The van der Waals surface area contributed by atoms with Crippen molar-refractivity contribution in [1.82, 2.24) is 0 Å². The van der Waals surface area contributed by atoms with Gasteiger partial charge < -0.3 is 0 Å². The van der Waals surface area contributed by atoms with Crippen molar-refractivity contribution in [2.45, 2.75) is 52.4 Å². The Hall–Kier alpha value is -1.48. The molecule has 2 aromatic carbocycles. The van der Waals surface area contributed by atoms with E-state index >= 15 is 0 Å². The van der Waals surface area contributed by atoms with Crippen LogP contribution in [0.25, 0.3) is 20.2 Å². The fourth-order valence-electron chi connectivity index (χ4n) is 3.04. The minimum absolute atomic E-state index is 0.161. The highest BCUT2D eigenvalue weighted by Crippen LogP contribution is 2.39. The minimum atomic E-state index is -0.161. The van der Waals surface area contributed by atoms with E-state index in [0.717, 1.165) is 60.4 Å². The lowest BCUT2D eigenvalue weighted by atomic mass is 10.0. The second-order valence-electron chi connectivity index (χ2n) is 6.14. The molecule has 0 fully saturated rings. The molecule has 0 aliphatic rings. The molecule has 122 valence electrons. The zero-order valence-corrected chi connectivity index (χ0v) is 14.5. The Morgan fingerprint density at radius 3 is 1.57 bits per heavy atom. The molecule has 0 saturated carbocycles. The van der Waals surface area contributed by atoms with Gasteiger partial charge in [-0.15, -0.1) is 11.3 Å².